The molecule has 1 aromatic rings. The number of rotatable bonds is 5. The summed E-state index contributed by atoms with van der Waals surface area (Å²) < 4.78 is 27.1. The van der Waals surface area contributed by atoms with Gasteiger partial charge in [-0.3, -0.25) is 0 Å². The largest absolute Gasteiger partial charge is 0.242 e. The van der Waals surface area contributed by atoms with Crippen molar-refractivity contribution < 1.29 is 8.42 Å². The van der Waals surface area contributed by atoms with Crippen LogP contribution in [-0.2, 0) is 10.0 Å². The Hall–Kier alpha value is -0.390. The highest BCUT2D eigenvalue weighted by molar-refractivity contribution is 9.10. The van der Waals surface area contributed by atoms with E-state index in [4.69, 9.17) is 0 Å². The van der Waals surface area contributed by atoms with Gasteiger partial charge in [-0.25, -0.2) is 12.7 Å². The molecule has 0 bridgehead atoms. The predicted molar refractivity (Wildman–Crippen MR) is 78.1 cm³/mol. The first-order valence-corrected chi connectivity index (χ1v) is 8.24. The third-order valence-electron chi connectivity index (χ3n) is 3.10. The summed E-state index contributed by atoms with van der Waals surface area (Å²) in [4.78, 5) is 0.356. The smallest absolute Gasteiger partial charge is 0.207 e. The number of nitrogens with zero attached hydrogens (tertiary/aromatic N) is 1. The summed E-state index contributed by atoms with van der Waals surface area (Å²) in [6.45, 7) is 6.56. The van der Waals surface area contributed by atoms with Gasteiger partial charge < -0.3 is 0 Å². The van der Waals surface area contributed by atoms with Gasteiger partial charge >= 0.3 is 0 Å². The maximum Gasteiger partial charge on any atom is 0.242 e. The molecule has 18 heavy (non-hydrogen) atoms. The van der Waals surface area contributed by atoms with E-state index in [0.717, 1.165) is 16.5 Å². The van der Waals surface area contributed by atoms with E-state index >= 15 is 0 Å². The summed E-state index contributed by atoms with van der Waals surface area (Å²) in [6, 6.07) is 5.12. The summed E-state index contributed by atoms with van der Waals surface area (Å²) in [7, 11) is -1.73. The van der Waals surface area contributed by atoms with Gasteiger partial charge in [-0.1, -0.05) is 36.2 Å². The molecule has 5 heteroatoms. The quantitative estimate of drug-likeness (QED) is 0.827. The Bertz CT molecular complexity index is 514. The van der Waals surface area contributed by atoms with Crippen molar-refractivity contribution in [2.45, 2.75) is 32.1 Å². The zero-order chi connectivity index (χ0) is 13.9. The molecule has 0 spiro atoms. The van der Waals surface area contributed by atoms with E-state index in [0.29, 0.717) is 17.4 Å². The number of sulfonamides is 1. The molecule has 1 unspecified atom stereocenters. The van der Waals surface area contributed by atoms with Crippen LogP contribution in [0.1, 0.15) is 25.8 Å². The lowest BCUT2D eigenvalue weighted by atomic mass is 10.1. The molecule has 0 aliphatic heterocycles. The molecular formula is C13H20BrNO2S. The van der Waals surface area contributed by atoms with Crippen LogP contribution < -0.4 is 0 Å². The highest BCUT2D eigenvalue weighted by atomic mass is 79.9. The fraction of sp³-hybridized carbons (Fsp3) is 0.538. The fourth-order valence-electron chi connectivity index (χ4n) is 1.62. The lowest BCUT2D eigenvalue weighted by molar-refractivity contribution is 0.393. The van der Waals surface area contributed by atoms with Crippen molar-refractivity contribution in [3.63, 3.8) is 0 Å². The Labute approximate surface area is 118 Å². The van der Waals surface area contributed by atoms with Crippen molar-refractivity contribution >= 4 is 26.0 Å². The predicted octanol–water partition coefficient (Wildman–Crippen LogP) is 3.42. The third kappa shape index (κ3) is 3.56. The van der Waals surface area contributed by atoms with Gasteiger partial charge in [-0.15, -0.1) is 0 Å². The van der Waals surface area contributed by atoms with Gasteiger partial charge in [0.1, 0.15) is 0 Å². The van der Waals surface area contributed by atoms with Gasteiger partial charge in [0.05, 0.1) is 4.90 Å². The summed E-state index contributed by atoms with van der Waals surface area (Å²) in [6.07, 6.45) is 0.971. The van der Waals surface area contributed by atoms with Crippen LogP contribution in [0, 0.1) is 12.8 Å². The minimum absolute atomic E-state index is 0.356. The second-order valence-electron chi connectivity index (χ2n) is 4.71. The fourth-order valence-corrected chi connectivity index (χ4v) is 3.25. The van der Waals surface area contributed by atoms with Crippen molar-refractivity contribution in [2.75, 3.05) is 13.6 Å². The summed E-state index contributed by atoms with van der Waals surface area (Å²) in [5.74, 6) is 0.362. The summed E-state index contributed by atoms with van der Waals surface area (Å²) in [5.41, 5.74) is 0.924. The first-order chi connectivity index (χ1) is 8.28. The second-order valence-corrected chi connectivity index (χ2v) is 7.61. The van der Waals surface area contributed by atoms with Crippen LogP contribution in [0.5, 0.6) is 0 Å². The highest BCUT2D eigenvalue weighted by Gasteiger charge is 2.22. The maximum absolute atomic E-state index is 12.4. The normalized spacial score (nSPS) is 13.9. The van der Waals surface area contributed by atoms with Gasteiger partial charge in [0.2, 0.25) is 10.0 Å². The monoisotopic (exact) mass is 333 g/mol. The number of hydrogen-bond donors (Lipinski definition) is 0. The van der Waals surface area contributed by atoms with E-state index < -0.39 is 10.0 Å². The minimum atomic E-state index is -3.37. The SMILES string of the molecule is CCC(C)CN(C)S(=O)(=O)c1ccc(Br)c(C)c1. The molecule has 0 saturated carbocycles. The zero-order valence-electron chi connectivity index (χ0n) is 11.3. The molecule has 0 radical (unpaired) electrons. The molecule has 0 aliphatic rings. The third-order valence-corrected chi connectivity index (χ3v) is 5.81. The van der Waals surface area contributed by atoms with Gasteiger partial charge in [0.25, 0.3) is 0 Å². The molecule has 0 amide bonds. The molecule has 0 aromatic heterocycles. The molecule has 0 aliphatic carbocycles. The maximum atomic E-state index is 12.4. The van der Waals surface area contributed by atoms with E-state index in [9.17, 15) is 8.42 Å². The molecule has 1 rings (SSSR count). The van der Waals surface area contributed by atoms with E-state index in [1.165, 1.54) is 4.31 Å². The lowest BCUT2D eigenvalue weighted by Crippen LogP contribution is -2.31. The number of halogens is 1. The van der Waals surface area contributed by atoms with Gasteiger partial charge in [0, 0.05) is 18.1 Å². The van der Waals surface area contributed by atoms with Gasteiger partial charge in [-0.05, 0) is 36.6 Å². The molecule has 1 aromatic carbocycles. The van der Waals surface area contributed by atoms with E-state index in [1.54, 1.807) is 25.2 Å². The topological polar surface area (TPSA) is 37.4 Å². The first-order valence-electron chi connectivity index (χ1n) is 6.01. The Morgan fingerprint density at radius 3 is 2.50 bits per heavy atom. The minimum Gasteiger partial charge on any atom is -0.207 e. The molecule has 1 atom stereocenters. The highest BCUT2D eigenvalue weighted by Crippen LogP contribution is 2.22. The first kappa shape index (κ1) is 15.7. The van der Waals surface area contributed by atoms with Crippen LogP contribution >= 0.6 is 15.9 Å². The molecule has 0 fully saturated rings. The molecule has 102 valence electrons. The van der Waals surface area contributed by atoms with Crippen molar-refractivity contribution in [1.82, 2.24) is 4.31 Å². The molecule has 0 N–H and O–H groups in total. The van der Waals surface area contributed by atoms with Crippen LogP contribution in [0.15, 0.2) is 27.6 Å². The van der Waals surface area contributed by atoms with Crippen molar-refractivity contribution in [3.8, 4) is 0 Å². The van der Waals surface area contributed by atoms with Crippen LogP contribution in [0.2, 0.25) is 0 Å². The Morgan fingerprint density at radius 2 is 2.00 bits per heavy atom. The van der Waals surface area contributed by atoms with Crippen molar-refractivity contribution in [1.29, 1.82) is 0 Å². The average molecular weight is 334 g/mol. The van der Waals surface area contributed by atoms with Crippen molar-refractivity contribution in [3.05, 3.63) is 28.2 Å². The van der Waals surface area contributed by atoms with Crippen LogP contribution in [0.3, 0.4) is 0 Å². The molecule has 0 saturated heterocycles. The van der Waals surface area contributed by atoms with Crippen LogP contribution in [-0.4, -0.2) is 26.3 Å². The zero-order valence-corrected chi connectivity index (χ0v) is 13.7. The average Bonchev–Trinajstić information content (AvgIpc) is 2.32. The van der Waals surface area contributed by atoms with Gasteiger partial charge in [0.15, 0.2) is 0 Å². The lowest BCUT2D eigenvalue weighted by Gasteiger charge is -2.20. The van der Waals surface area contributed by atoms with E-state index in [1.807, 2.05) is 6.92 Å². The Morgan fingerprint density at radius 1 is 1.39 bits per heavy atom. The number of hydrogen-bond acceptors (Lipinski definition) is 2. The van der Waals surface area contributed by atoms with Crippen molar-refractivity contribution in [2.24, 2.45) is 5.92 Å². The van der Waals surface area contributed by atoms with E-state index in [-0.39, 0.29) is 0 Å². The standard InChI is InChI=1S/C13H20BrNO2S/c1-5-10(2)9-15(4)18(16,17)12-6-7-13(14)11(3)8-12/h6-8,10H,5,9H2,1-4H3. The van der Waals surface area contributed by atoms with E-state index in [2.05, 4.69) is 29.8 Å². The van der Waals surface area contributed by atoms with Crippen LogP contribution in [0.4, 0.5) is 0 Å². The van der Waals surface area contributed by atoms with Crippen LogP contribution in [0.25, 0.3) is 0 Å². The number of aryl methyl sites for hydroxylation is 1. The Balaban J connectivity index is 3.02. The Kier molecular flexibility index (Phi) is 5.37. The molecular weight excluding hydrogens is 314 g/mol. The second kappa shape index (κ2) is 6.17. The number of benzene rings is 1. The van der Waals surface area contributed by atoms with Gasteiger partial charge in [-0.2, -0.15) is 0 Å². The summed E-state index contributed by atoms with van der Waals surface area (Å²) in [5, 5.41) is 0. The summed E-state index contributed by atoms with van der Waals surface area (Å²) >= 11 is 3.38. The molecule has 3 nitrogen and oxygen atoms in total. The molecule has 0 heterocycles.